The van der Waals surface area contributed by atoms with E-state index in [9.17, 15) is 9.90 Å². The van der Waals surface area contributed by atoms with Crippen LogP contribution in [0.2, 0.25) is 0 Å². The summed E-state index contributed by atoms with van der Waals surface area (Å²) in [5.74, 6) is -2.23. The molecule has 5 heteroatoms. The first-order chi connectivity index (χ1) is 6.64. The fourth-order valence-corrected chi connectivity index (χ4v) is 2.14. The number of carboxylic acid groups (broad SMARTS) is 1. The van der Waals surface area contributed by atoms with Crippen LogP contribution in [0.5, 0.6) is 0 Å². The third-order valence-electron chi connectivity index (χ3n) is 2.98. The van der Waals surface area contributed by atoms with Gasteiger partial charge in [0.25, 0.3) is 0 Å². The van der Waals surface area contributed by atoms with Crippen LogP contribution in [0.3, 0.4) is 0 Å². The zero-order valence-corrected chi connectivity index (χ0v) is 7.81. The number of carbonyl (C=O) groups is 1. The van der Waals surface area contributed by atoms with Crippen LogP contribution in [0.4, 0.5) is 0 Å². The zero-order chi connectivity index (χ0) is 10.2. The minimum absolute atomic E-state index is 0.218. The molecule has 1 spiro atoms. The van der Waals surface area contributed by atoms with Crippen molar-refractivity contribution in [2.75, 3.05) is 13.2 Å². The summed E-state index contributed by atoms with van der Waals surface area (Å²) in [6.07, 6.45) is 0.368. The van der Waals surface area contributed by atoms with Gasteiger partial charge < -0.3 is 19.7 Å². The quantitative estimate of drug-likeness (QED) is 0.624. The molecular formula is C9H14O5. The smallest absolute Gasteiger partial charge is 0.306 e. The maximum absolute atomic E-state index is 10.7. The first-order valence-electron chi connectivity index (χ1n) is 4.83. The van der Waals surface area contributed by atoms with Crippen LogP contribution >= 0.6 is 0 Å². The van der Waals surface area contributed by atoms with E-state index in [1.807, 2.05) is 0 Å². The third-order valence-corrected chi connectivity index (χ3v) is 2.98. The van der Waals surface area contributed by atoms with Crippen LogP contribution in [-0.4, -0.2) is 41.3 Å². The molecule has 2 atom stereocenters. The van der Waals surface area contributed by atoms with E-state index in [0.717, 1.165) is 0 Å². The molecule has 2 fully saturated rings. The number of aliphatic carboxylic acids is 1. The number of rotatable bonds is 1. The van der Waals surface area contributed by atoms with E-state index in [4.69, 9.17) is 14.6 Å². The minimum atomic E-state index is -0.911. The fraction of sp³-hybridized carbons (Fsp3) is 0.889. The molecule has 1 aliphatic heterocycles. The summed E-state index contributed by atoms with van der Waals surface area (Å²) in [6.45, 7) is 0.962. The topological polar surface area (TPSA) is 76.0 Å². The molecule has 0 bridgehead atoms. The monoisotopic (exact) mass is 202 g/mol. The average Bonchev–Trinajstić information content (AvgIpc) is 2.59. The van der Waals surface area contributed by atoms with Crippen molar-refractivity contribution in [1.82, 2.24) is 0 Å². The van der Waals surface area contributed by atoms with Gasteiger partial charge in [-0.25, -0.2) is 0 Å². The summed E-state index contributed by atoms with van der Waals surface area (Å²) in [6, 6.07) is 0. The average molecular weight is 202 g/mol. The second kappa shape index (κ2) is 3.49. The molecule has 0 aromatic heterocycles. The molecule has 0 aromatic rings. The van der Waals surface area contributed by atoms with E-state index < -0.39 is 23.8 Å². The largest absolute Gasteiger partial charge is 0.481 e. The SMILES string of the molecule is O=C(O)[C@@H]1CCC2(OCCO2)[C@H](O)C1. The van der Waals surface area contributed by atoms with E-state index in [1.165, 1.54) is 0 Å². The Morgan fingerprint density at radius 3 is 2.50 bits per heavy atom. The van der Waals surface area contributed by atoms with Crippen LogP contribution in [-0.2, 0) is 14.3 Å². The maximum atomic E-state index is 10.7. The summed E-state index contributed by atoms with van der Waals surface area (Å²) >= 11 is 0. The number of hydrogen-bond donors (Lipinski definition) is 2. The lowest BCUT2D eigenvalue weighted by atomic mass is 9.83. The molecule has 5 nitrogen and oxygen atoms in total. The van der Waals surface area contributed by atoms with E-state index in [1.54, 1.807) is 0 Å². The Bertz CT molecular complexity index is 233. The molecule has 2 aliphatic rings. The van der Waals surface area contributed by atoms with E-state index in [0.29, 0.717) is 26.1 Å². The third kappa shape index (κ3) is 1.51. The highest BCUT2D eigenvalue weighted by atomic mass is 16.7. The van der Waals surface area contributed by atoms with Crippen molar-refractivity contribution in [3.63, 3.8) is 0 Å². The first-order valence-corrected chi connectivity index (χ1v) is 4.83. The fourth-order valence-electron chi connectivity index (χ4n) is 2.14. The summed E-state index contributed by atoms with van der Waals surface area (Å²) < 4.78 is 10.7. The first kappa shape index (κ1) is 9.89. The van der Waals surface area contributed by atoms with Crippen molar-refractivity contribution < 1.29 is 24.5 Å². The van der Waals surface area contributed by atoms with Crippen molar-refractivity contribution in [3.05, 3.63) is 0 Å². The second-order valence-corrected chi connectivity index (χ2v) is 3.83. The molecule has 0 unspecified atom stereocenters. The summed E-state index contributed by atoms with van der Waals surface area (Å²) in [5.41, 5.74) is 0. The maximum Gasteiger partial charge on any atom is 0.306 e. The van der Waals surface area contributed by atoms with Crippen LogP contribution < -0.4 is 0 Å². The molecule has 14 heavy (non-hydrogen) atoms. The number of carboxylic acids is 1. The Kier molecular flexibility index (Phi) is 2.47. The molecule has 2 rings (SSSR count). The Morgan fingerprint density at radius 2 is 2.00 bits per heavy atom. The molecular weight excluding hydrogens is 188 g/mol. The number of hydrogen-bond acceptors (Lipinski definition) is 4. The Labute approximate surface area is 81.6 Å². The molecule has 1 saturated heterocycles. The lowest BCUT2D eigenvalue weighted by Gasteiger charge is -2.38. The zero-order valence-electron chi connectivity index (χ0n) is 7.81. The normalized spacial score (nSPS) is 36.1. The minimum Gasteiger partial charge on any atom is -0.481 e. The van der Waals surface area contributed by atoms with Gasteiger partial charge in [-0.05, 0) is 12.8 Å². The number of aliphatic hydroxyl groups excluding tert-OH is 1. The molecule has 1 saturated carbocycles. The van der Waals surface area contributed by atoms with Gasteiger partial charge in [-0.1, -0.05) is 0 Å². The highest BCUT2D eigenvalue weighted by Crippen LogP contribution is 2.38. The van der Waals surface area contributed by atoms with Crippen LogP contribution in [0.1, 0.15) is 19.3 Å². The van der Waals surface area contributed by atoms with Gasteiger partial charge in [0.05, 0.1) is 19.1 Å². The van der Waals surface area contributed by atoms with Gasteiger partial charge in [0.15, 0.2) is 5.79 Å². The molecule has 1 aliphatic carbocycles. The van der Waals surface area contributed by atoms with E-state index in [2.05, 4.69) is 0 Å². The highest BCUT2D eigenvalue weighted by Gasteiger charge is 2.48. The van der Waals surface area contributed by atoms with Crippen molar-refractivity contribution in [3.8, 4) is 0 Å². The molecule has 0 aromatic carbocycles. The van der Waals surface area contributed by atoms with Crippen LogP contribution in [0.25, 0.3) is 0 Å². The lowest BCUT2D eigenvalue weighted by molar-refractivity contribution is -0.242. The molecule has 1 heterocycles. The predicted molar refractivity (Wildman–Crippen MR) is 45.6 cm³/mol. The van der Waals surface area contributed by atoms with E-state index in [-0.39, 0.29) is 6.42 Å². The Morgan fingerprint density at radius 1 is 1.36 bits per heavy atom. The van der Waals surface area contributed by atoms with Gasteiger partial charge in [0.1, 0.15) is 6.10 Å². The molecule has 2 N–H and O–H groups in total. The molecule has 0 radical (unpaired) electrons. The van der Waals surface area contributed by atoms with Crippen molar-refractivity contribution in [2.24, 2.45) is 5.92 Å². The summed E-state index contributed by atoms with van der Waals surface area (Å²) in [7, 11) is 0. The Balaban J connectivity index is 2.03. The van der Waals surface area contributed by atoms with Gasteiger partial charge in [-0.2, -0.15) is 0 Å². The molecule has 0 amide bonds. The van der Waals surface area contributed by atoms with Gasteiger partial charge in [0, 0.05) is 6.42 Å². The van der Waals surface area contributed by atoms with Crippen molar-refractivity contribution >= 4 is 5.97 Å². The lowest BCUT2D eigenvalue weighted by Crippen LogP contribution is -2.49. The van der Waals surface area contributed by atoms with Gasteiger partial charge in [0.2, 0.25) is 0 Å². The predicted octanol–water partition coefficient (Wildman–Crippen LogP) is -0.0249. The van der Waals surface area contributed by atoms with Gasteiger partial charge in [-0.15, -0.1) is 0 Å². The van der Waals surface area contributed by atoms with Crippen LogP contribution in [0.15, 0.2) is 0 Å². The molecule has 80 valence electrons. The van der Waals surface area contributed by atoms with Crippen LogP contribution in [0, 0.1) is 5.92 Å². The highest BCUT2D eigenvalue weighted by molar-refractivity contribution is 5.70. The van der Waals surface area contributed by atoms with Crippen molar-refractivity contribution in [1.29, 1.82) is 0 Å². The summed E-state index contributed by atoms with van der Waals surface area (Å²) in [4.78, 5) is 10.7. The second-order valence-electron chi connectivity index (χ2n) is 3.83. The Hall–Kier alpha value is -0.650. The number of ether oxygens (including phenoxy) is 2. The van der Waals surface area contributed by atoms with Crippen molar-refractivity contribution in [2.45, 2.75) is 31.2 Å². The standard InChI is InChI=1S/C9H14O5/c10-7-5-6(8(11)12)1-2-9(7)13-3-4-14-9/h6-7,10H,1-5H2,(H,11,12)/t6-,7-/m1/s1. The van der Waals surface area contributed by atoms with Gasteiger partial charge >= 0.3 is 5.97 Å². The van der Waals surface area contributed by atoms with E-state index >= 15 is 0 Å². The van der Waals surface area contributed by atoms with Gasteiger partial charge in [-0.3, -0.25) is 4.79 Å². The summed E-state index contributed by atoms with van der Waals surface area (Å²) in [5, 5.41) is 18.6. The number of aliphatic hydroxyl groups is 1.